The van der Waals surface area contributed by atoms with Gasteiger partial charge in [0, 0.05) is 23.7 Å². The maximum atomic E-state index is 5.97. The van der Waals surface area contributed by atoms with Gasteiger partial charge in [0.15, 0.2) is 0 Å². The summed E-state index contributed by atoms with van der Waals surface area (Å²) in [5.41, 5.74) is 6.80. The first-order valence-electron chi connectivity index (χ1n) is 6.11. The summed E-state index contributed by atoms with van der Waals surface area (Å²) >= 11 is 0. The number of nitrogens with one attached hydrogen (secondary N) is 1. The van der Waals surface area contributed by atoms with Crippen LogP contribution in [0.2, 0.25) is 0 Å². The molecule has 102 valence electrons. The lowest BCUT2D eigenvalue weighted by Gasteiger charge is -2.24. The molecule has 0 bridgehead atoms. The zero-order valence-electron chi connectivity index (χ0n) is 11.9. The molecule has 18 heavy (non-hydrogen) atoms. The van der Waals surface area contributed by atoms with Crippen molar-refractivity contribution in [2.45, 2.75) is 32.4 Å². The lowest BCUT2D eigenvalue weighted by molar-refractivity contribution is 0.384. The lowest BCUT2D eigenvalue weighted by atomic mass is 10.0. The highest BCUT2D eigenvalue weighted by Crippen LogP contribution is 2.29. The Labute approximate surface area is 109 Å². The van der Waals surface area contributed by atoms with Crippen molar-refractivity contribution in [1.29, 1.82) is 0 Å². The van der Waals surface area contributed by atoms with Crippen molar-refractivity contribution in [3.05, 3.63) is 23.8 Å². The number of ether oxygens (including phenoxy) is 2. The summed E-state index contributed by atoms with van der Waals surface area (Å²) in [5.74, 6) is 1.68. The largest absolute Gasteiger partial charge is 0.497 e. The fraction of sp³-hybridized carbons (Fsp3) is 0.571. The Balaban J connectivity index is 2.85. The van der Waals surface area contributed by atoms with Gasteiger partial charge in [-0.1, -0.05) is 0 Å². The molecule has 0 aliphatic carbocycles. The van der Waals surface area contributed by atoms with Crippen LogP contribution >= 0.6 is 0 Å². The van der Waals surface area contributed by atoms with E-state index in [0.717, 1.165) is 23.6 Å². The molecular weight excluding hydrogens is 228 g/mol. The van der Waals surface area contributed by atoms with Crippen LogP contribution in [0.25, 0.3) is 0 Å². The Morgan fingerprint density at radius 1 is 1.28 bits per heavy atom. The van der Waals surface area contributed by atoms with Crippen LogP contribution in [-0.2, 0) is 0 Å². The van der Waals surface area contributed by atoms with Gasteiger partial charge < -0.3 is 20.5 Å². The quantitative estimate of drug-likeness (QED) is 0.814. The first-order chi connectivity index (χ1) is 8.37. The summed E-state index contributed by atoms with van der Waals surface area (Å²) in [4.78, 5) is 0. The van der Waals surface area contributed by atoms with Crippen LogP contribution in [0.3, 0.4) is 0 Å². The number of nitrogens with two attached hydrogens (primary N) is 1. The Morgan fingerprint density at radius 3 is 2.44 bits per heavy atom. The van der Waals surface area contributed by atoms with Crippen molar-refractivity contribution < 1.29 is 9.47 Å². The molecule has 1 unspecified atom stereocenters. The third kappa shape index (κ3) is 4.20. The number of hydrogen-bond donors (Lipinski definition) is 2. The van der Waals surface area contributed by atoms with E-state index in [0.29, 0.717) is 0 Å². The molecule has 0 saturated carbocycles. The van der Waals surface area contributed by atoms with Crippen LogP contribution in [0.4, 0.5) is 0 Å². The predicted molar refractivity (Wildman–Crippen MR) is 74.2 cm³/mol. The van der Waals surface area contributed by atoms with Gasteiger partial charge in [0.1, 0.15) is 11.5 Å². The fourth-order valence-corrected chi connectivity index (χ4v) is 1.70. The van der Waals surface area contributed by atoms with E-state index in [-0.39, 0.29) is 11.6 Å². The van der Waals surface area contributed by atoms with E-state index in [2.05, 4.69) is 12.2 Å². The first kappa shape index (κ1) is 14.8. The minimum atomic E-state index is -0.236. The summed E-state index contributed by atoms with van der Waals surface area (Å²) in [6.45, 7) is 6.81. The second-order valence-corrected chi connectivity index (χ2v) is 5.20. The van der Waals surface area contributed by atoms with Crippen molar-refractivity contribution in [3.8, 4) is 11.5 Å². The zero-order chi connectivity index (χ0) is 13.8. The summed E-state index contributed by atoms with van der Waals surface area (Å²) in [6, 6.07) is 5.94. The van der Waals surface area contributed by atoms with E-state index < -0.39 is 0 Å². The number of rotatable bonds is 6. The van der Waals surface area contributed by atoms with Crippen LogP contribution in [0.15, 0.2) is 18.2 Å². The molecule has 0 heterocycles. The standard InChI is InChI=1S/C14H24N2O2/c1-10(16-9-14(2,3)15)12-8-11(17-4)6-7-13(12)18-5/h6-8,10,16H,9,15H2,1-5H3. The zero-order valence-corrected chi connectivity index (χ0v) is 11.9. The van der Waals surface area contributed by atoms with Gasteiger partial charge in [0.2, 0.25) is 0 Å². The lowest BCUT2D eigenvalue weighted by Crippen LogP contribution is -2.43. The van der Waals surface area contributed by atoms with Gasteiger partial charge in [-0.25, -0.2) is 0 Å². The van der Waals surface area contributed by atoms with Crippen molar-refractivity contribution in [2.75, 3.05) is 20.8 Å². The molecule has 0 aliphatic rings. The van der Waals surface area contributed by atoms with Crippen molar-refractivity contribution >= 4 is 0 Å². The molecule has 1 rings (SSSR count). The molecule has 4 heteroatoms. The maximum absolute atomic E-state index is 5.97. The molecule has 0 radical (unpaired) electrons. The minimum absolute atomic E-state index is 0.151. The highest BCUT2D eigenvalue weighted by molar-refractivity contribution is 5.42. The van der Waals surface area contributed by atoms with Gasteiger partial charge in [0.05, 0.1) is 14.2 Å². The molecule has 1 aromatic carbocycles. The second kappa shape index (κ2) is 6.07. The second-order valence-electron chi connectivity index (χ2n) is 5.20. The molecule has 0 amide bonds. The van der Waals surface area contributed by atoms with E-state index in [1.54, 1.807) is 14.2 Å². The van der Waals surface area contributed by atoms with Gasteiger partial charge >= 0.3 is 0 Å². The van der Waals surface area contributed by atoms with Crippen LogP contribution in [0.1, 0.15) is 32.4 Å². The third-order valence-corrected chi connectivity index (χ3v) is 2.77. The SMILES string of the molecule is COc1ccc(OC)c(C(C)NCC(C)(C)N)c1. The molecule has 4 nitrogen and oxygen atoms in total. The average molecular weight is 252 g/mol. The van der Waals surface area contributed by atoms with Gasteiger partial charge in [-0.15, -0.1) is 0 Å². The van der Waals surface area contributed by atoms with E-state index in [9.17, 15) is 0 Å². The summed E-state index contributed by atoms with van der Waals surface area (Å²) in [7, 11) is 3.33. The van der Waals surface area contributed by atoms with Crippen molar-refractivity contribution in [2.24, 2.45) is 5.73 Å². The van der Waals surface area contributed by atoms with Crippen molar-refractivity contribution in [3.63, 3.8) is 0 Å². The molecule has 3 N–H and O–H groups in total. The highest BCUT2D eigenvalue weighted by Gasteiger charge is 2.16. The maximum Gasteiger partial charge on any atom is 0.123 e. The van der Waals surface area contributed by atoms with E-state index >= 15 is 0 Å². The Morgan fingerprint density at radius 2 is 1.94 bits per heavy atom. The fourth-order valence-electron chi connectivity index (χ4n) is 1.70. The van der Waals surface area contributed by atoms with Crippen LogP contribution in [0.5, 0.6) is 11.5 Å². The topological polar surface area (TPSA) is 56.5 Å². The number of benzene rings is 1. The van der Waals surface area contributed by atoms with Gasteiger partial charge in [-0.05, 0) is 39.0 Å². The van der Waals surface area contributed by atoms with E-state index in [1.165, 1.54) is 0 Å². The summed E-state index contributed by atoms with van der Waals surface area (Å²) < 4.78 is 10.6. The van der Waals surface area contributed by atoms with Gasteiger partial charge in [0.25, 0.3) is 0 Å². The molecule has 0 spiro atoms. The number of methoxy groups -OCH3 is 2. The first-order valence-corrected chi connectivity index (χ1v) is 6.11. The van der Waals surface area contributed by atoms with E-state index in [1.807, 2.05) is 32.0 Å². The third-order valence-electron chi connectivity index (χ3n) is 2.77. The van der Waals surface area contributed by atoms with Gasteiger partial charge in [-0.2, -0.15) is 0 Å². The predicted octanol–water partition coefficient (Wildman–Crippen LogP) is 2.09. The van der Waals surface area contributed by atoms with Crippen molar-refractivity contribution in [1.82, 2.24) is 5.32 Å². The molecule has 0 saturated heterocycles. The highest BCUT2D eigenvalue weighted by atomic mass is 16.5. The molecular formula is C14H24N2O2. The molecule has 0 fully saturated rings. The minimum Gasteiger partial charge on any atom is -0.497 e. The Bertz CT molecular complexity index is 386. The molecule has 0 aliphatic heterocycles. The summed E-state index contributed by atoms with van der Waals surface area (Å²) in [5, 5.41) is 3.40. The Kier molecular flexibility index (Phi) is 4.99. The normalized spacial score (nSPS) is 13.2. The average Bonchev–Trinajstić information content (AvgIpc) is 2.34. The smallest absolute Gasteiger partial charge is 0.123 e. The Hall–Kier alpha value is -1.26. The molecule has 1 aromatic rings. The molecule has 0 aromatic heterocycles. The summed E-state index contributed by atoms with van der Waals surface area (Å²) in [6.07, 6.45) is 0. The van der Waals surface area contributed by atoms with E-state index in [4.69, 9.17) is 15.2 Å². The number of hydrogen-bond acceptors (Lipinski definition) is 4. The molecule has 1 atom stereocenters. The van der Waals surface area contributed by atoms with Crippen LogP contribution in [0, 0.1) is 0 Å². The van der Waals surface area contributed by atoms with Gasteiger partial charge in [-0.3, -0.25) is 0 Å². The monoisotopic (exact) mass is 252 g/mol. The van der Waals surface area contributed by atoms with Crippen LogP contribution < -0.4 is 20.5 Å². The van der Waals surface area contributed by atoms with Crippen LogP contribution in [-0.4, -0.2) is 26.3 Å².